The van der Waals surface area contributed by atoms with E-state index in [9.17, 15) is 8.42 Å². The largest absolute Gasteiger partial charge is 0.339 e. The van der Waals surface area contributed by atoms with Gasteiger partial charge in [-0.1, -0.05) is 13.8 Å². The molecule has 7 heteroatoms. The Balaban J connectivity index is 1.80. The highest BCUT2D eigenvalue weighted by molar-refractivity contribution is 7.89. The molecule has 118 valence electrons. The van der Waals surface area contributed by atoms with Crippen molar-refractivity contribution in [2.75, 3.05) is 19.6 Å². The molecule has 0 spiro atoms. The zero-order chi connectivity index (χ0) is 15.2. The van der Waals surface area contributed by atoms with Gasteiger partial charge in [0, 0.05) is 45.0 Å². The molecule has 2 fully saturated rings. The van der Waals surface area contributed by atoms with Crippen molar-refractivity contribution in [1.29, 1.82) is 0 Å². The van der Waals surface area contributed by atoms with Gasteiger partial charge in [-0.2, -0.15) is 4.31 Å². The lowest BCUT2D eigenvalue weighted by atomic mass is 10.1. The summed E-state index contributed by atoms with van der Waals surface area (Å²) in [7, 11) is -1.66. The average molecular weight is 312 g/mol. The predicted molar refractivity (Wildman–Crippen MR) is 80.3 cm³/mol. The van der Waals surface area contributed by atoms with Crippen LogP contribution in [0.1, 0.15) is 26.7 Å². The van der Waals surface area contributed by atoms with E-state index in [1.807, 2.05) is 0 Å². The van der Waals surface area contributed by atoms with Crippen LogP contribution in [0, 0.1) is 5.92 Å². The van der Waals surface area contributed by atoms with Crippen LogP contribution in [0.2, 0.25) is 0 Å². The predicted octanol–water partition coefficient (Wildman–Crippen LogP) is 0.913. The normalized spacial score (nSPS) is 27.6. The van der Waals surface area contributed by atoms with Gasteiger partial charge in [0.2, 0.25) is 0 Å². The monoisotopic (exact) mass is 312 g/mol. The fourth-order valence-electron chi connectivity index (χ4n) is 3.67. The maximum atomic E-state index is 12.8. The van der Waals surface area contributed by atoms with Gasteiger partial charge in [-0.3, -0.25) is 4.90 Å². The summed E-state index contributed by atoms with van der Waals surface area (Å²) in [5, 5.41) is 0.174. The van der Waals surface area contributed by atoms with Crippen LogP contribution in [0.25, 0.3) is 0 Å². The molecular weight excluding hydrogens is 288 g/mol. The first-order valence-electron chi connectivity index (χ1n) is 7.63. The number of imidazole rings is 1. The number of fused-ring (bicyclic) bond motifs is 1. The number of rotatable bonds is 4. The Morgan fingerprint density at radius 2 is 2.00 bits per heavy atom. The summed E-state index contributed by atoms with van der Waals surface area (Å²) in [6, 6.07) is 0.502. The van der Waals surface area contributed by atoms with Crippen molar-refractivity contribution in [3.05, 3.63) is 12.5 Å². The molecule has 0 unspecified atom stereocenters. The summed E-state index contributed by atoms with van der Waals surface area (Å²) < 4.78 is 28.9. The van der Waals surface area contributed by atoms with E-state index in [1.54, 1.807) is 28.4 Å². The van der Waals surface area contributed by atoms with E-state index >= 15 is 0 Å². The van der Waals surface area contributed by atoms with Gasteiger partial charge in [0.05, 0.1) is 6.33 Å². The molecule has 0 amide bonds. The Morgan fingerprint density at radius 1 is 1.29 bits per heavy atom. The summed E-state index contributed by atoms with van der Waals surface area (Å²) in [6.45, 7) is 7.10. The fraction of sp³-hybridized carbons (Fsp3) is 0.786. The van der Waals surface area contributed by atoms with Gasteiger partial charge in [0.1, 0.15) is 0 Å². The van der Waals surface area contributed by atoms with Crippen molar-refractivity contribution in [3.63, 3.8) is 0 Å². The van der Waals surface area contributed by atoms with Gasteiger partial charge in [-0.05, 0) is 18.8 Å². The van der Waals surface area contributed by atoms with Crippen molar-refractivity contribution in [1.82, 2.24) is 18.8 Å². The summed E-state index contributed by atoms with van der Waals surface area (Å²) in [6.07, 6.45) is 5.00. The summed E-state index contributed by atoms with van der Waals surface area (Å²) in [5.74, 6) is 0.616. The van der Waals surface area contributed by atoms with Crippen molar-refractivity contribution in [3.8, 4) is 0 Å². The van der Waals surface area contributed by atoms with E-state index in [2.05, 4.69) is 23.7 Å². The van der Waals surface area contributed by atoms with Crippen LogP contribution in [0.4, 0.5) is 0 Å². The minimum absolute atomic E-state index is 0.121. The van der Waals surface area contributed by atoms with Crippen molar-refractivity contribution < 1.29 is 8.42 Å². The lowest BCUT2D eigenvalue weighted by Gasteiger charge is -2.26. The smallest absolute Gasteiger partial charge is 0.262 e. The van der Waals surface area contributed by atoms with E-state index in [1.165, 1.54) is 0 Å². The van der Waals surface area contributed by atoms with Gasteiger partial charge >= 0.3 is 0 Å². The number of aryl methyl sites for hydroxylation is 1. The van der Waals surface area contributed by atoms with Crippen LogP contribution < -0.4 is 0 Å². The van der Waals surface area contributed by atoms with E-state index in [4.69, 9.17) is 0 Å². The van der Waals surface area contributed by atoms with Gasteiger partial charge in [0.25, 0.3) is 10.0 Å². The zero-order valence-corrected chi connectivity index (χ0v) is 13.8. The fourth-order valence-corrected chi connectivity index (χ4v) is 5.34. The molecule has 3 rings (SSSR count). The quantitative estimate of drug-likeness (QED) is 0.829. The Morgan fingerprint density at radius 3 is 2.62 bits per heavy atom. The first kappa shape index (κ1) is 15.0. The Kier molecular flexibility index (Phi) is 3.83. The van der Waals surface area contributed by atoms with Crippen LogP contribution in [-0.4, -0.2) is 58.9 Å². The summed E-state index contributed by atoms with van der Waals surface area (Å²) >= 11 is 0. The zero-order valence-electron chi connectivity index (χ0n) is 12.9. The molecule has 2 aliphatic heterocycles. The Hall–Kier alpha value is -0.920. The van der Waals surface area contributed by atoms with Crippen LogP contribution in [-0.2, 0) is 17.1 Å². The number of likely N-dealkylation sites (tertiary alicyclic amines) is 1. The van der Waals surface area contributed by atoms with Gasteiger partial charge in [-0.25, -0.2) is 13.4 Å². The molecular formula is C14H24N4O2S. The Labute approximate surface area is 126 Å². The van der Waals surface area contributed by atoms with Crippen LogP contribution in [0.5, 0.6) is 0 Å². The number of hydrogen-bond donors (Lipinski definition) is 0. The first-order chi connectivity index (χ1) is 9.89. The number of aromatic nitrogens is 2. The highest BCUT2D eigenvalue weighted by atomic mass is 32.2. The lowest BCUT2D eigenvalue weighted by Crippen LogP contribution is -2.40. The molecule has 6 nitrogen and oxygen atoms in total. The molecule has 2 aliphatic rings. The number of hydrogen-bond acceptors (Lipinski definition) is 4. The van der Waals surface area contributed by atoms with Gasteiger partial charge in [-0.15, -0.1) is 0 Å². The highest BCUT2D eigenvalue weighted by Crippen LogP contribution is 2.35. The molecule has 0 radical (unpaired) electrons. The van der Waals surface area contributed by atoms with Crippen LogP contribution >= 0.6 is 0 Å². The van der Waals surface area contributed by atoms with Gasteiger partial charge in [0.15, 0.2) is 5.03 Å². The third kappa shape index (κ3) is 2.62. The molecule has 0 aliphatic carbocycles. The molecule has 0 bridgehead atoms. The maximum Gasteiger partial charge on any atom is 0.262 e. The topological polar surface area (TPSA) is 58.4 Å². The SMILES string of the molecule is CC(C)CN1CC[C@H]2[C@H]1CCN2S(=O)(=O)c1cn(C)cn1. The second-order valence-corrected chi connectivity index (χ2v) is 8.43. The average Bonchev–Trinajstić information content (AvgIpc) is 3.06. The van der Waals surface area contributed by atoms with Crippen molar-refractivity contribution in [2.45, 2.75) is 43.8 Å². The van der Waals surface area contributed by atoms with E-state index in [-0.39, 0.29) is 11.1 Å². The highest BCUT2D eigenvalue weighted by Gasteiger charge is 2.47. The van der Waals surface area contributed by atoms with E-state index in [0.717, 1.165) is 25.9 Å². The van der Waals surface area contributed by atoms with Crippen LogP contribution in [0.15, 0.2) is 17.6 Å². The minimum Gasteiger partial charge on any atom is -0.339 e. The first-order valence-corrected chi connectivity index (χ1v) is 9.07. The second kappa shape index (κ2) is 5.37. The number of sulfonamides is 1. The number of nitrogens with zero attached hydrogens (tertiary/aromatic N) is 4. The molecule has 21 heavy (non-hydrogen) atoms. The molecule has 0 saturated carbocycles. The van der Waals surface area contributed by atoms with Crippen molar-refractivity contribution in [2.24, 2.45) is 13.0 Å². The molecule has 3 heterocycles. The standard InChI is InChI=1S/C14H24N4O2S/c1-11(2)8-17-6-4-13-12(17)5-7-18(13)21(19,20)14-9-16(3)10-15-14/h9-13H,4-8H2,1-3H3/t12-,13+/m1/s1. The lowest BCUT2D eigenvalue weighted by molar-refractivity contribution is 0.222. The molecule has 1 aromatic rings. The third-order valence-electron chi connectivity index (χ3n) is 4.49. The molecule has 2 saturated heterocycles. The second-order valence-electron chi connectivity index (χ2n) is 6.59. The van der Waals surface area contributed by atoms with Gasteiger partial charge < -0.3 is 4.57 Å². The van der Waals surface area contributed by atoms with E-state index in [0.29, 0.717) is 18.5 Å². The molecule has 0 aromatic carbocycles. The molecule has 2 atom stereocenters. The molecule has 1 aromatic heterocycles. The van der Waals surface area contributed by atoms with Crippen LogP contribution in [0.3, 0.4) is 0 Å². The van der Waals surface area contributed by atoms with E-state index < -0.39 is 10.0 Å². The summed E-state index contributed by atoms with van der Waals surface area (Å²) in [5.41, 5.74) is 0. The maximum absolute atomic E-state index is 12.8. The molecule has 0 N–H and O–H groups in total. The summed E-state index contributed by atoms with van der Waals surface area (Å²) in [4.78, 5) is 6.49. The minimum atomic E-state index is -3.45. The Bertz CT molecular complexity index is 610. The third-order valence-corrected chi connectivity index (χ3v) is 6.30. The van der Waals surface area contributed by atoms with Crippen molar-refractivity contribution >= 4 is 10.0 Å².